The molecule has 0 saturated heterocycles. The van der Waals surface area contributed by atoms with E-state index in [2.05, 4.69) is 0 Å². The van der Waals surface area contributed by atoms with Crippen molar-refractivity contribution in [3.63, 3.8) is 0 Å². The molecule has 0 bridgehead atoms. The Morgan fingerprint density at radius 2 is 1.63 bits per heavy atom. The third-order valence-electron chi connectivity index (χ3n) is 4.21. The maximum Gasteiger partial charge on any atom is 0.353 e. The number of thiophene rings is 1. The van der Waals surface area contributed by atoms with Gasteiger partial charge >= 0.3 is 5.97 Å². The summed E-state index contributed by atoms with van der Waals surface area (Å²) >= 11 is 1.30. The topological polar surface area (TPSA) is 71.1 Å². The Morgan fingerprint density at radius 3 is 2.30 bits per heavy atom. The first kappa shape index (κ1) is 21.1. The van der Waals surface area contributed by atoms with Gasteiger partial charge in [-0.2, -0.15) is 0 Å². The number of benzene rings is 2. The summed E-state index contributed by atoms with van der Waals surface area (Å²) < 4.78 is 21.2. The van der Waals surface area contributed by atoms with Gasteiger partial charge in [-0.25, -0.2) is 4.79 Å². The van der Waals surface area contributed by atoms with E-state index in [1.807, 2.05) is 0 Å². The van der Waals surface area contributed by atoms with Crippen LogP contribution in [0.4, 0.5) is 0 Å². The molecule has 6 nitrogen and oxygen atoms in total. The number of hydrogen-bond acceptors (Lipinski definition) is 7. The van der Waals surface area contributed by atoms with Gasteiger partial charge in [-0.15, -0.1) is 11.3 Å². The molecule has 0 radical (unpaired) electrons. The number of hydrogen-bond donors (Lipinski definition) is 0. The van der Waals surface area contributed by atoms with Crippen LogP contribution in [0.25, 0.3) is 6.08 Å². The molecule has 0 aliphatic rings. The summed E-state index contributed by atoms with van der Waals surface area (Å²) in [7, 11) is 4.52. The maximum atomic E-state index is 12.6. The average molecular weight is 424 g/mol. The predicted octanol–water partition coefficient (Wildman–Crippen LogP) is 4.89. The van der Waals surface area contributed by atoms with Crippen LogP contribution in [0.1, 0.15) is 25.6 Å². The molecule has 0 aliphatic carbocycles. The number of rotatable bonds is 8. The van der Waals surface area contributed by atoms with E-state index in [-0.39, 0.29) is 5.78 Å². The molecule has 7 heteroatoms. The van der Waals surface area contributed by atoms with E-state index in [0.29, 0.717) is 39.0 Å². The van der Waals surface area contributed by atoms with Gasteiger partial charge in [-0.1, -0.05) is 18.2 Å². The second-order valence-corrected chi connectivity index (χ2v) is 6.99. The van der Waals surface area contributed by atoms with Crippen LogP contribution in [0.3, 0.4) is 0 Å². The SMILES string of the molecule is COc1ccc(OC)c(C(=O)C=Cc2ccc(OC(=O)c3cccs3)c(OC)c2)c1. The van der Waals surface area contributed by atoms with E-state index in [1.165, 1.54) is 38.7 Å². The molecule has 0 saturated carbocycles. The number of ketones is 1. The summed E-state index contributed by atoms with van der Waals surface area (Å²) in [6, 6.07) is 13.5. The summed E-state index contributed by atoms with van der Waals surface area (Å²) in [6.07, 6.45) is 3.08. The lowest BCUT2D eigenvalue weighted by atomic mass is 10.1. The fourth-order valence-electron chi connectivity index (χ4n) is 2.69. The summed E-state index contributed by atoms with van der Waals surface area (Å²) in [4.78, 5) is 25.3. The first-order chi connectivity index (χ1) is 14.5. The zero-order chi connectivity index (χ0) is 21.5. The van der Waals surface area contributed by atoms with Gasteiger partial charge in [0.2, 0.25) is 0 Å². The zero-order valence-electron chi connectivity index (χ0n) is 16.7. The van der Waals surface area contributed by atoms with Gasteiger partial charge in [0.15, 0.2) is 17.3 Å². The van der Waals surface area contributed by atoms with Crippen LogP contribution in [-0.4, -0.2) is 33.1 Å². The lowest BCUT2D eigenvalue weighted by Crippen LogP contribution is -2.07. The highest BCUT2D eigenvalue weighted by Crippen LogP contribution is 2.30. The normalized spacial score (nSPS) is 10.6. The number of methoxy groups -OCH3 is 3. The van der Waals surface area contributed by atoms with Crippen molar-refractivity contribution in [2.45, 2.75) is 0 Å². The number of esters is 1. The van der Waals surface area contributed by atoms with Crippen molar-refractivity contribution >= 4 is 29.2 Å². The number of ether oxygens (including phenoxy) is 4. The van der Waals surface area contributed by atoms with Crippen LogP contribution in [0.2, 0.25) is 0 Å². The highest BCUT2D eigenvalue weighted by Gasteiger charge is 2.14. The highest BCUT2D eigenvalue weighted by molar-refractivity contribution is 7.12. The van der Waals surface area contributed by atoms with Gasteiger partial charge in [0.25, 0.3) is 0 Å². The zero-order valence-corrected chi connectivity index (χ0v) is 17.5. The van der Waals surface area contributed by atoms with E-state index in [9.17, 15) is 9.59 Å². The minimum absolute atomic E-state index is 0.238. The van der Waals surface area contributed by atoms with Crippen molar-refractivity contribution < 1.29 is 28.5 Å². The van der Waals surface area contributed by atoms with E-state index < -0.39 is 5.97 Å². The molecule has 3 aromatic rings. The van der Waals surface area contributed by atoms with Gasteiger partial charge in [-0.05, 0) is 53.4 Å². The molecule has 0 N–H and O–H groups in total. The van der Waals surface area contributed by atoms with Crippen LogP contribution in [0, 0.1) is 0 Å². The van der Waals surface area contributed by atoms with Gasteiger partial charge in [-0.3, -0.25) is 4.79 Å². The van der Waals surface area contributed by atoms with Gasteiger partial charge < -0.3 is 18.9 Å². The summed E-state index contributed by atoms with van der Waals surface area (Å²) in [6.45, 7) is 0. The van der Waals surface area contributed by atoms with Crippen LogP contribution >= 0.6 is 11.3 Å². The first-order valence-electron chi connectivity index (χ1n) is 8.94. The minimum atomic E-state index is -0.452. The van der Waals surface area contributed by atoms with E-state index in [1.54, 1.807) is 60.0 Å². The van der Waals surface area contributed by atoms with Crippen molar-refractivity contribution in [2.24, 2.45) is 0 Å². The third kappa shape index (κ3) is 4.87. The molecule has 0 unspecified atom stereocenters. The van der Waals surface area contributed by atoms with Crippen LogP contribution in [-0.2, 0) is 0 Å². The summed E-state index contributed by atoms with van der Waals surface area (Å²) in [5.74, 6) is 1.01. The van der Waals surface area contributed by atoms with Gasteiger partial charge in [0, 0.05) is 0 Å². The van der Waals surface area contributed by atoms with E-state index in [0.717, 1.165) is 0 Å². The lowest BCUT2D eigenvalue weighted by Gasteiger charge is -2.09. The van der Waals surface area contributed by atoms with Crippen molar-refractivity contribution in [1.82, 2.24) is 0 Å². The second-order valence-electron chi connectivity index (χ2n) is 6.04. The molecule has 3 rings (SSSR count). The highest BCUT2D eigenvalue weighted by atomic mass is 32.1. The molecular formula is C23H20O6S. The molecule has 0 amide bonds. The Balaban J connectivity index is 1.79. The van der Waals surface area contributed by atoms with Crippen LogP contribution in [0.5, 0.6) is 23.0 Å². The quantitative estimate of drug-likeness (QED) is 0.222. The Morgan fingerprint density at radius 1 is 0.867 bits per heavy atom. The van der Waals surface area contributed by atoms with E-state index >= 15 is 0 Å². The van der Waals surface area contributed by atoms with Gasteiger partial charge in [0.05, 0.1) is 26.9 Å². The average Bonchev–Trinajstić information content (AvgIpc) is 3.32. The molecule has 30 heavy (non-hydrogen) atoms. The van der Waals surface area contributed by atoms with Crippen molar-refractivity contribution in [1.29, 1.82) is 0 Å². The van der Waals surface area contributed by atoms with E-state index in [4.69, 9.17) is 18.9 Å². The lowest BCUT2D eigenvalue weighted by molar-refractivity contribution is 0.0734. The Kier molecular flexibility index (Phi) is 6.87. The summed E-state index contributed by atoms with van der Waals surface area (Å²) in [5.41, 5.74) is 1.10. The Hall–Kier alpha value is -3.58. The van der Waals surface area contributed by atoms with Crippen LogP contribution < -0.4 is 18.9 Å². The standard InChI is InChI=1S/C23H20O6S/c1-26-16-8-11-19(27-2)17(14-16)18(24)9-6-15-7-10-20(21(13-15)28-3)29-23(25)22-5-4-12-30-22/h4-14H,1-3H3. The first-order valence-corrected chi connectivity index (χ1v) is 9.82. The monoisotopic (exact) mass is 424 g/mol. The molecule has 0 atom stereocenters. The van der Waals surface area contributed by atoms with Crippen molar-refractivity contribution in [2.75, 3.05) is 21.3 Å². The number of allylic oxidation sites excluding steroid dienone is 1. The molecule has 1 heterocycles. The Bertz CT molecular complexity index is 1070. The fourth-order valence-corrected chi connectivity index (χ4v) is 3.28. The summed E-state index contributed by atoms with van der Waals surface area (Å²) in [5, 5.41) is 1.80. The number of carbonyl (C=O) groups excluding carboxylic acids is 2. The molecular weight excluding hydrogens is 404 g/mol. The molecule has 154 valence electrons. The third-order valence-corrected chi connectivity index (χ3v) is 5.06. The predicted molar refractivity (Wildman–Crippen MR) is 115 cm³/mol. The molecule has 0 spiro atoms. The number of carbonyl (C=O) groups is 2. The van der Waals surface area contributed by atoms with Gasteiger partial charge in [0.1, 0.15) is 16.4 Å². The second kappa shape index (κ2) is 9.76. The van der Waals surface area contributed by atoms with Crippen molar-refractivity contribution in [3.8, 4) is 23.0 Å². The largest absolute Gasteiger partial charge is 0.497 e. The smallest absolute Gasteiger partial charge is 0.353 e. The molecule has 1 aromatic heterocycles. The van der Waals surface area contributed by atoms with Crippen molar-refractivity contribution in [3.05, 3.63) is 76.0 Å². The van der Waals surface area contributed by atoms with Crippen LogP contribution in [0.15, 0.2) is 60.0 Å². The molecule has 2 aromatic carbocycles. The Labute approximate surface area is 178 Å². The fraction of sp³-hybridized carbons (Fsp3) is 0.130. The maximum absolute atomic E-state index is 12.6. The minimum Gasteiger partial charge on any atom is -0.497 e. The molecule has 0 aliphatic heterocycles. The molecule has 0 fully saturated rings.